The Kier molecular flexibility index (Phi) is 14.5. The third-order valence-corrected chi connectivity index (χ3v) is 9.56. The van der Waals surface area contributed by atoms with Gasteiger partial charge in [-0.3, -0.25) is 14.4 Å². The Morgan fingerprint density at radius 1 is 0.700 bits per heavy atom. The minimum absolute atomic E-state index is 0.00945. The molecule has 4 rings (SSSR count). The molecule has 3 aromatic carbocycles. The van der Waals surface area contributed by atoms with Gasteiger partial charge in [0.25, 0.3) is 0 Å². The molecule has 0 bridgehead atoms. The van der Waals surface area contributed by atoms with Crippen LogP contribution >= 0.6 is 11.8 Å². The van der Waals surface area contributed by atoms with Crippen LogP contribution in [0.3, 0.4) is 0 Å². The summed E-state index contributed by atoms with van der Waals surface area (Å²) in [6.45, 7) is 7.40. The van der Waals surface area contributed by atoms with Crippen LogP contribution in [0.2, 0.25) is 0 Å². The Bertz CT molecular complexity index is 1570. The number of benzene rings is 3. The summed E-state index contributed by atoms with van der Waals surface area (Å²) < 4.78 is 10.9. The highest BCUT2D eigenvalue weighted by molar-refractivity contribution is 8.00. The van der Waals surface area contributed by atoms with Crippen molar-refractivity contribution in [3.63, 3.8) is 0 Å². The van der Waals surface area contributed by atoms with Crippen LogP contribution in [0.1, 0.15) is 57.2 Å². The largest absolute Gasteiger partial charge is 0.445 e. The monoisotopic (exact) mass is 701 g/mol. The van der Waals surface area contributed by atoms with E-state index >= 15 is 0 Å². The summed E-state index contributed by atoms with van der Waals surface area (Å²) in [7, 11) is 0. The van der Waals surface area contributed by atoms with Crippen molar-refractivity contribution < 1.29 is 33.4 Å². The highest BCUT2D eigenvalue weighted by Gasteiger charge is 2.50. The molecule has 0 spiro atoms. The van der Waals surface area contributed by atoms with E-state index in [9.17, 15) is 24.0 Å². The van der Waals surface area contributed by atoms with Gasteiger partial charge < -0.3 is 25.0 Å². The first kappa shape index (κ1) is 38.2. The molecule has 11 heteroatoms. The first-order valence-corrected chi connectivity index (χ1v) is 18.0. The number of hydrogen-bond acceptors (Lipinski definition) is 8. The maximum atomic E-state index is 14.6. The fourth-order valence-corrected chi connectivity index (χ4v) is 7.08. The lowest BCUT2D eigenvalue weighted by molar-refractivity contribution is -0.140. The van der Waals surface area contributed by atoms with Crippen molar-refractivity contribution in [3.05, 3.63) is 108 Å². The van der Waals surface area contributed by atoms with Gasteiger partial charge in [0.2, 0.25) is 5.91 Å². The first-order valence-electron chi connectivity index (χ1n) is 17.0. The average Bonchev–Trinajstić information content (AvgIpc) is 3.44. The molecule has 1 saturated heterocycles. The lowest BCUT2D eigenvalue weighted by Crippen LogP contribution is -2.57. The van der Waals surface area contributed by atoms with Crippen molar-refractivity contribution in [3.8, 4) is 0 Å². The lowest BCUT2D eigenvalue weighted by Gasteiger charge is -2.32. The maximum absolute atomic E-state index is 14.6. The van der Waals surface area contributed by atoms with E-state index in [1.54, 1.807) is 0 Å². The zero-order chi connectivity index (χ0) is 36.0. The van der Waals surface area contributed by atoms with Crippen molar-refractivity contribution in [2.45, 2.75) is 82.9 Å². The molecular weight excluding hydrogens is 655 g/mol. The number of nitrogens with one attached hydrogen (secondary N) is 2. The molecule has 0 saturated carbocycles. The van der Waals surface area contributed by atoms with Gasteiger partial charge in [0.05, 0.1) is 17.8 Å². The molecule has 2 unspecified atom stereocenters. The predicted molar refractivity (Wildman–Crippen MR) is 193 cm³/mol. The molecule has 4 atom stereocenters. The Labute approximate surface area is 298 Å². The SMILES string of the molecule is CC(C)C[C@H](NC(=O)OCc1ccccc1)C(=O)C1C(SCc2ccccc2)C(=O)CN1C(=O)[C@H](CC(C)C)NC(=O)OCc1ccccc1. The second-order valence-corrected chi connectivity index (χ2v) is 14.4. The fourth-order valence-electron chi connectivity index (χ4n) is 5.79. The van der Waals surface area contributed by atoms with E-state index in [1.807, 2.05) is 119 Å². The van der Waals surface area contributed by atoms with E-state index in [2.05, 4.69) is 10.6 Å². The minimum atomic E-state index is -1.18. The second kappa shape index (κ2) is 18.9. The third kappa shape index (κ3) is 11.5. The number of nitrogens with zero attached hydrogens (tertiary/aromatic N) is 1. The molecule has 1 heterocycles. The zero-order valence-electron chi connectivity index (χ0n) is 29.1. The van der Waals surface area contributed by atoms with Gasteiger partial charge in [-0.2, -0.15) is 0 Å². The fraction of sp³-hybridized carbons (Fsp3) is 0.410. The molecule has 0 aromatic heterocycles. The van der Waals surface area contributed by atoms with Crippen molar-refractivity contribution >= 4 is 41.4 Å². The Morgan fingerprint density at radius 3 is 1.62 bits per heavy atom. The number of alkyl carbamates (subject to hydrolysis) is 2. The Balaban J connectivity index is 1.58. The molecule has 3 aromatic rings. The molecule has 0 aliphatic carbocycles. The average molecular weight is 702 g/mol. The maximum Gasteiger partial charge on any atom is 0.408 e. The normalized spacial score (nSPS) is 16.9. The summed E-state index contributed by atoms with van der Waals surface area (Å²) in [6, 6.07) is 24.6. The van der Waals surface area contributed by atoms with Crippen molar-refractivity contribution in [2.24, 2.45) is 11.8 Å². The molecule has 3 amide bonds. The van der Waals surface area contributed by atoms with Crippen LogP contribution in [0.4, 0.5) is 9.59 Å². The van der Waals surface area contributed by atoms with Gasteiger partial charge in [0.1, 0.15) is 25.3 Å². The molecule has 1 fully saturated rings. The van der Waals surface area contributed by atoms with Crippen LogP contribution in [-0.4, -0.2) is 64.5 Å². The van der Waals surface area contributed by atoms with Crippen molar-refractivity contribution in [2.75, 3.05) is 6.54 Å². The second-order valence-electron chi connectivity index (χ2n) is 13.3. The van der Waals surface area contributed by atoms with Crippen LogP contribution in [0.25, 0.3) is 0 Å². The van der Waals surface area contributed by atoms with E-state index in [0.717, 1.165) is 16.7 Å². The van der Waals surface area contributed by atoms with Crippen molar-refractivity contribution in [1.82, 2.24) is 15.5 Å². The van der Waals surface area contributed by atoms with E-state index in [4.69, 9.17) is 9.47 Å². The first-order chi connectivity index (χ1) is 24.0. The topological polar surface area (TPSA) is 131 Å². The lowest BCUT2D eigenvalue weighted by atomic mass is 9.94. The molecule has 2 N–H and O–H groups in total. The number of ketones is 2. The highest BCUT2D eigenvalue weighted by Crippen LogP contribution is 2.32. The summed E-state index contributed by atoms with van der Waals surface area (Å²) in [5.74, 6) is -0.879. The summed E-state index contributed by atoms with van der Waals surface area (Å²) in [5.41, 5.74) is 2.54. The molecule has 266 valence electrons. The Hall–Kier alpha value is -4.64. The summed E-state index contributed by atoms with van der Waals surface area (Å²) >= 11 is 1.29. The van der Waals surface area contributed by atoms with Gasteiger partial charge in [-0.05, 0) is 41.4 Å². The molecule has 1 aliphatic heterocycles. The number of carbonyl (C=O) groups excluding carboxylic acids is 5. The summed E-state index contributed by atoms with van der Waals surface area (Å²) in [5, 5.41) is 4.55. The predicted octanol–water partition coefficient (Wildman–Crippen LogP) is 6.32. The number of Topliss-reactive ketones (excluding diaryl/α,β-unsaturated/α-hetero) is 2. The van der Waals surface area contributed by atoms with Gasteiger partial charge >= 0.3 is 12.2 Å². The quantitative estimate of drug-likeness (QED) is 0.178. The van der Waals surface area contributed by atoms with Crippen molar-refractivity contribution in [1.29, 1.82) is 0 Å². The molecule has 50 heavy (non-hydrogen) atoms. The standard InChI is InChI=1S/C39H47N3O7S/c1-26(2)20-31(40-38(46)48-23-28-14-8-5-9-15-28)35(44)34-36(50-25-30-18-12-7-13-19-30)33(43)22-42(34)37(45)32(21-27(3)4)41-39(47)49-24-29-16-10-6-11-17-29/h5-19,26-27,31-32,34,36H,20-25H2,1-4H3,(H,40,46)(H,41,47)/t31-,32-,34?,36?/m0/s1. The van der Waals surface area contributed by atoms with E-state index in [-0.39, 0.29) is 50.2 Å². The van der Waals surface area contributed by atoms with Gasteiger partial charge in [0.15, 0.2) is 11.6 Å². The third-order valence-electron chi connectivity index (χ3n) is 8.18. The van der Waals surface area contributed by atoms with Crippen LogP contribution in [0, 0.1) is 11.8 Å². The van der Waals surface area contributed by atoms with E-state index < -0.39 is 47.3 Å². The number of thioether (sulfide) groups is 1. The van der Waals surface area contributed by atoms with Gasteiger partial charge in [-0.1, -0.05) is 119 Å². The van der Waals surface area contributed by atoms with Crippen LogP contribution in [0.15, 0.2) is 91.0 Å². The molecule has 0 radical (unpaired) electrons. The number of carbonyl (C=O) groups is 5. The number of rotatable bonds is 16. The van der Waals surface area contributed by atoms with Gasteiger partial charge in [-0.25, -0.2) is 9.59 Å². The van der Waals surface area contributed by atoms with E-state index in [0.29, 0.717) is 5.75 Å². The molecule has 10 nitrogen and oxygen atoms in total. The Morgan fingerprint density at radius 2 is 1.14 bits per heavy atom. The van der Waals surface area contributed by atoms with Gasteiger partial charge in [0, 0.05) is 5.75 Å². The minimum Gasteiger partial charge on any atom is -0.445 e. The molecule has 1 aliphatic rings. The smallest absolute Gasteiger partial charge is 0.408 e. The number of likely N-dealkylation sites (tertiary alicyclic amines) is 1. The van der Waals surface area contributed by atoms with Crippen LogP contribution in [0.5, 0.6) is 0 Å². The zero-order valence-corrected chi connectivity index (χ0v) is 29.9. The number of ether oxygens (including phenoxy) is 2. The summed E-state index contributed by atoms with van der Waals surface area (Å²) in [4.78, 5) is 69.8. The highest BCUT2D eigenvalue weighted by atomic mass is 32.2. The van der Waals surface area contributed by atoms with Crippen LogP contribution < -0.4 is 10.6 Å². The number of amides is 3. The molecular formula is C39H47N3O7S. The van der Waals surface area contributed by atoms with Crippen LogP contribution in [-0.2, 0) is 42.8 Å². The van der Waals surface area contributed by atoms with Gasteiger partial charge in [-0.15, -0.1) is 11.8 Å². The van der Waals surface area contributed by atoms with E-state index in [1.165, 1.54) is 16.7 Å². The number of hydrogen-bond donors (Lipinski definition) is 2. The summed E-state index contributed by atoms with van der Waals surface area (Å²) in [6.07, 6.45) is -1.03.